The van der Waals surface area contributed by atoms with Crippen LogP contribution in [-0.4, -0.2) is 13.2 Å². The van der Waals surface area contributed by atoms with E-state index in [1.807, 2.05) is 13.0 Å². The maximum absolute atomic E-state index is 5.97. The van der Waals surface area contributed by atoms with Crippen molar-refractivity contribution < 1.29 is 9.47 Å². The molecule has 2 aromatic rings. The summed E-state index contributed by atoms with van der Waals surface area (Å²) in [6.07, 6.45) is 2.42. The second-order valence-corrected chi connectivity index (χ2v) is 6.02. The van der Waals surface area contributed by atoms with Gasteiger partial charge in [-0.05, 0) is 50.1 Å². The van der Waals surface area contributed by atoms with Gasteiger partial charge in [0.2, 0.25) is 0 Å². The summed E-state index contributed by atoms with van der Waals surface area (Å²) in [5.74, 6) is 1.62. The highest BCUT2D eigenvalue weighted by molar-refractivity contribution is 5.85. The molecule has 2 rings (SSSR count). The smallest absolute Gasteiger partial charge is 0.161 e. The number of hydrogen-bond acceptors (Lipinski definition) is 3. The molecule has 0 amide bonds. The van der Waals surface area contributed by atoms with Crippen molar-refractivity contribution in [1.82, 2.24) is 5.32 Å². The minimum Gasteiger partial charge on any atom is -0.490 e. The molecule has 0 aliphatic carbocycles. The molecular formula is C21H30ClNO2. The molecule has 0 bridgehead atoms. The van der Waals surface area contributed by atoms with E-state index in [1.165, 1.54) is 24.0 Å². The third kappa shape index (κ3) is 7.37. The van der Waals surface area contributed by atoms with Crippen molar-refractivity contribution in [2.24, 2.45) is 0 Å². The van der Waals surface area contributed by atoms with Crippen molar-refractivity contribution in [3.05, 3.63) is 59.2 Å². The molecule has 2 aromatic carbocycles. The summed E-state index contributed by atoms with van der Waals surface area (Å²) in [4.78, 5) is 0. The number of rotatable bonds is 10. The minimum atomic E-state index is 0. The van der Waals surface area contributed by atoms with Crippen LogP contribution < -0.4 is 14.8 Å². The zero-order valence-electron chi connectivity index (χ0n) is 15.5. The van der Waals surface area contributed by atoms with E-state index >= 15 is 0 Å². The fourth-order valence-electron chi connectivity index (χ4n) is 2.43. The molecule has 0 heterocycles. The van der Waals surface area contributed by atoms with Crippen LogP contribution in [0.25, 0.3) is 0 Å². The van der Waals surface area contributed by atoms with Crippen LogP contribution in [0.2, 0.25) is 0 Å². The fraction of sp³-hybridized carbons (Fsp3) is 0.429. The highest BCUT2D eigenvalue weighted by atomic mass is 35.5. The van der Waals surface area contributed by atoms with Gasteiger partial charge >= 0.3 is 0 Å². The first-order valence-corrected chi connectivity index (χ1v) is 8.87. The summed E-state index contributed by atoms with van der Waals surface area (Å²) in [7, 11) is 0. The maximum Gasteiger partial charge on any atom is 0.161 e. The normalized spacial score (nSPS) is 10.2. The molecule has 1 N–H and O–H groups in total. The first kappa shape index (κ1) is 21.3. The number of nitrogens with one attached hydrogen (secondary N) is 1. The molecule has 138 valence electrons. The first-order chi connectivity index (χ1) is 11.7. The van der Waals surface area contributed by atoms with Crippen molar-refractivity contribution >= 4 is 12.4 Å². The fourth-order valence-corrected chi connectivity index (χ4v) is 2.43. The van der Waals surface area contributed by atoms with Gasteiger partial charge in [-0.3, -0.25) is 0 Å². The van der Waals surface area contributed by atoms with Crippen LogP contribution >= 0.6 is 12.4 Å². The number of unbranched alkanes of at least 4 members (excludes halogenated alkanes) is 1. The van der Waals surface area contributed by atoms with E-state index in [9.17, 15) is 0 Å². The van der Waals surface area contributed by atoms with Gasteiger partial charge in [0.15, 0.2) is 11.5 Å². The number of benzene rings is 2. The quantitative estimate of drug-likeness (QED) is 0.582. The van der Waals surface area contributed by atoms with Crippen molar-refractivity contribution in [3.63, 3.8) is 0 Å². The lowest BCUT2D eigenvalue weighted by Gasteiger charge is -2.14. The molecule has 0 atom stereocenters. The van der Waals surface area contributed by atoms with Gasteiger partial charge in [-0.15, -0.1) is 12.4 Å². The Bertz CT molecular complexity index is 614. The molecule has 0 fully saturated rings. The number of halogens is 1. The Labute approximate surface area is 158 Å². The predicted octanol–water partition coefficient (Wildman–Crippen LogP) is 5.28. The molecular weight excluding hydrogens is 334 g/mol. The monoisotopic (exact) mass is 363 g/mol. The van der Waals surface area contributed by atoms with Gasteiger partial charge in [-0.25, -0.2) is 0 Å². The van der Waals surface area contributed by atoms with Gasteiger partial charge in [-0.1, -0.05) is 49.2 Å². The standard InChI is InChI=1S/C21H29NO2.ClH/c1-4-6-13-22-15-19-11-12-20(21(14-19)23-5-2)24-16-18-9-7-17(3)8-10-18;/h7-12,14,22H,4-6,13,15-16H2,1-3H3;1H. The zero-order chi connectivity index (χ0) is 17.2. The average Bonchev–Trinajstić information content (AvgIpc) is 2.60. The molecule has 3 nitrogen and oxygen atoms in total. The van der Waals surface area contributed by atoms with Gasteiger partial charge in [0, 0.05) is 6.54 Å². The van der Waals surface area contributed by atoms with Gasteiger partial charge in [0.1, 0.15) is 6.61 Å². The summed E-state index contributed by atoms with van der Waals surface area (Å²) in [5, 5.41) is 3.46. The molecule has 0 unspecified atom stereocenters. The van der Waals surface area contributed by atoms with Crippen LogP contribution in [0.4, 0.5) is 0 Å². The number of aryl methyl sites for hydroxylation is 1. The van der Waals surface area contributed by atoms with Crippen LogP contribution in [0, 0.1) is 6.92 Å². The summed E-state index contributed by atoms with van der Waals surface area (Å²) >= 11 is 0. The topological polar surface area (TPSA) is 30.5 Å². The Morgan fingerprint density at radius 2 is 1.60 bits per heavy atom. The van der Waals surface area contributed by atoms with Gasteiger partial charge in [-0.2, -0.15) is 0 Å². The average molecular weight is 364 g/mol. The van der Waals surface area contributed by atoms with E-state index in [4.69, 9.17) is 9.47 Å². The second-order valence-electron chi connectivity index (χ2n) is 6.02. The van der Waals surface area contributed by atoms with Crippen molar-refractivity contribution in [2.75, 3.05) is 13.2 Å². The van der Waals surface area contributed by atoms with Crippen LogP contribution in [0.5, 0.6) is 11.5 Å². The summed E-state index contributed by atoms with van der Waals surface area (Å²) in [5.41, 5.74) is 3.64. The van der Waals surface area contributed by atoms with E-state index in [-0.39, 0.29) is 12.4 Å². The Kier molecular flexibility index (Phi) is 10.0. The summed E-state index contributed by atoms with van der Waals surface area (Å²) in [6, 6.07) is 14.6. The van der Waals surface area contributed by atoms with E-state index in [0.29, 0.717) is 13.2 Å². The predicted molar refractivity (Wildman–Crippen MR) is 107 cm³/mol. The number of hydrogen-bond donors (Lipinski definition) is 1. The van der Waals surface area contributed by atoms with Crippen LogP contribution in [0.3, 0.4) is 0 Å². The minimum absolute atomic E-state index is 0. The van der Waals surface area contributed by atoms with Crippen LogP contribution in [-0.2, 0) is 13.2 Å². The Morgan fingerprint density at radius 3 is 2.28 bits per heavy atom. The molecule has 0 aromatic heterocycles. The second kappa shape index (κ2) is 11.8. The molecule has 4 heteroatoms. The highest BCUT2D eigenvalue weighted by Gasteiger charge is 2.07. The van der Waals surface area contributed by atoms with Crippen molar-refractivity contribution in [3.8, 4) is 11.5 Å². The van der Waals surface area contributed by atoms with Crippen LogP contribution in [0.15, 0.2) is 42.5 Å². The molecule has 0 radical (unpaired) electrons. The lowest BCUT2D eigenvalue weighted by molar-refractivity contribution is 0.269. The molecule has 25 heavy (non-hydrogen) atoms. The first-order valence-electron chi connectivity index (χ1n) is 8.87. The van der Waals surface area contributed by atoms with Crippen molar-refractivity contribution in [1.29, 1.82) is 0 Å². The SMILES string of the molecule is CCCCNCc1ccc(OCc2ccc(C)cc2)c(OCC)c1.Cl. The van der Waals surface area contributed by atoms with Gasteiger partial charge in [0.25, 0.3) is 0 Å². The molecule has 0 saturated carbocycles. The summed E-state index contributed by atoms with van der Waals surface area (Å²) < 4.78 is 11.7. The Hall–Kier alpha value is -1.71. The van der Waals surface area contributed by atoms with Crippen LogP contribution in [0.1, 0.15) is 43.4 Å². The van der Waals surface area contributed by atoms with Crippen molar-refractivity contribution in [2.45, 2.75) is 46.8 Å². The third-order valence-corrected chi connectivity index (χ3v) is 3.86. The van der Waals surface area contributed by atoms with E-state index in [2.05, 4.69) is 55.6 Å². The molecule has 0 saturated heterocycles. The maximum atomic E-state index is 5.97. The zero-order valence-corrected chi connectivity index (χ0v) is 16.3. The van der Waals surface area contributed by atoms with E-state index < -0.39 is 0 Å². The Balaban J connectivity index is 0.00000312. The summed E-state index contributed by atoms with van der Waals surface area (Å²) in [6.45, 7) is 9.38. The number of ether oxygens (including phenoxy) is 2. The van der Waals surface area contributed by atoms with Gasteiger partial charge in [0.05, 0.1) is 6.61 Å². The Morgan fingerprint density at radius 1 is 0.880 bits per heavy atom. The third-order valence-electron chi connectivity index (χ3n) is 3.86. The van der Waals surface area contributed by atoms with E-state index in [1.54, 1.807) is 0 Å². The van der Waals surface area contributed by atoms with Gasteiger partial charge < -0.3 is 14.8 Å². The lowest BCUT2D eigenvalue weighted by Crippen LogP contribution is -2.14. The molecule has 0 spiro atoms. The molecule has 0 aliphatic rings. The van der Waals surface area contributed by atoms with E-state index in [0.717, 1.165) is 30.2 Å². The molecule has 0 aliphatic heterocycles. The lowest BCUT2D eigenvalue weighted by atomic mass is 10.1. The largest absolute Gasteiger partial charge is 0.490 e. The highest BCUT2D eigenvalue weighted by Crippen LogP contribution is 2.29.